The maximum absolute atomic E-state index is 10.7. The molecule has 0 atom stereocenters. The van der Waals surface area contributed by atoms with Crippen LogP contribution in [0.3, 0.4) is 0 Å². The van der Waals surface area contributed by atoms with E-state index in [4.69, 9.17) is 14.6 Å². The van der Waals surface area contributed by atoms with Crippen molar-refractivity contribution in [2.45, 2.75) is 12.1 Å². The normalized spacial score (nSPS) is 10.4. The largest absolute Gasteiger partial charge is 0.497 e. The van der Waals surface area contributed by atoms with Gasteiger partial charge in [0.25, 0.3) is 0 Å². The third kappa shape index (κ3) is 3.30. The average Bonchev–Trinajstić information content (AvgIpc) is 2.85. The van der Waals surface area contributed by atoms with Crippen molar-refractivity contribution < 1.29 is 19.4 Å². The Morgan fingerprint density at radius 3 is 2.76 bits per heavy atom. The Morgan fingerprint density at radius 2 is 2.14 bits per heavy atom. The summed E-state index contributed by atoms with van der Waals surface area (Å²) in [7, 11) is 3.17. The molecule has 1 heterocycles. The molecule has 112 valence electrons. The van der Waals surface area contributed by atoms with E-state index in [1.54, 1.807) is 26.5 Å². The van der Waals surface area contributed by atoms with Crippen LogP contribution in [0.15, 0.2) is 29.6 Å². The highest BCUT2D eigenvalue weighted by atomic mass is 32.2. The molecule has 0 bridgehead atoms. The van der Waals surface area contributed by atoms with E-state index in [1.165, 1.54) is 11.8 Å². The molecule has 0 fully saturated rings. The van der Waals surface area contributed by atoms with Gasteiger partial charge in [-0.1, -0.05) is 11.8 Å². The summed E-state index contributed by atoms with van der Waals surface area (Å²) in [6.07, 6.45) is 1.70. The predicted molar refractivity (Wildman–Crippen MR) is 79.8 cm³/mol. The second kappa shape index (κ2) is 6.53. The zero-order chi connectivity index (χ0) is 15.4. The molecule has 0 amide bonds. The molecule has 6 nitrogen and oxygen atoms in total. The molecule has 1 aromatic heterocycles. The number of imidazole rings is 1. The van der Waals surface area contributed by atoms with Gasteiger partial charge in [0.2, 0.25) is 0 Å². The van der Waals surface area contributed by atoms with Gasteiger partial charge in [0.1, 0.15) is 11.5 Å². The minimum atomic E-state index is -0.881. The van der Waals surface area contributed by atoms with Crippen molar-refractivity contribution >= 4 is 17.7 Å². The van der Waals surface area contributed by atoms with Crippen LogP contribution in [0.2, 0.25) is 0 Å². The summed E-state index contributed by atoms with van der Waals surface area (Å²) in [6, 6.07) is 5.46. The number of thioether (sulfide) groups is 1. The second-order valence-electron chi connectivity index (χ2n) is 4.24. The summed E-state index contributed by atoms with van der Waals surface area (Å²) in [4.78, 5) is 15.0. The van der Waals surface area contributed by atoms with Gasteiger partial charge in [0.05, 0.1) is 25.7 Å². The first-order chi connectivity index (χ1) is 10.1. The summed E-state index contributed by atoms with van der Waals surface area (Å²) in [6.45, 7) is 1.90. The SMILES string of the molecule is COc1ccc(-n2c(C)cnc2SCC(=O)O)c(OC)c1. The van der Waals surface area contributed by atoms with E-state index in [-0.39, 0.29) is 5.75 Å². The number of aliphatic carboxylic acids is 1. The smallest absolute Gasteiger partial charge is 0.313 e. The van der Waals surface area contributed by atoms with Gasteiger partial charge >= 0.3 is 5.97 Å². The predicted octanol–water partition coefficient (Wildman–Crippen LogP) is 2.37. The number of carboxylic acid groups (broad SMARTS) is 1. The van der Waals surface area contributed by atoms with Crippen LogP contribution in [0, 0.1) is 6.92 Å². The van der Waals surface area contributed by atoms with Crippen molar-refractivity contribution in [1.29, 1.82) is 0 Å². The van der Waals surface area contributed by atoms with E-state index in [0.717, 1.165) is 11.4 Å². The number of carbonyl (C=O) groups is 1. The molecule has 7 heteroatoms. The summed E-state index contributed by atoms with van der Waals surface area (Å²) >= 11 is 1.17. The molecule has 2 aromatic rings. The third-order valence-corrected chi connectivity index (χ3v) is 3.80. The van der Waals surface area contributed by atoms with E-state index in [0.29, 0.717) is 16.7 Å². The van der Waals surface area contributed by atoms with Crippen molar-refractivity contribution in [1.82, 2.24) is 9.55 Å². The fourth-order valence-corrected chi connectivity index (χ4v) is 2.66. The van der Waals surface area contributed by atoms with Crippen LogP contribution in [-0.4, -0.2) is 40.6 Å². The lowest BCUT2D eigenvalue weighted by Crippen LogP contribution is -2.04. The highest BCUT2D eigenvalue weighted by Gasteiger charge is 2.15. The minimum Gasteiger partial charge on any atom is -0.497 e. The van der Waals surface area contributed by atoms with E-state index in [1.807, 2.05) is 23.6 Å². The first kappa shape index (κ1) is 15.2. The number of carboxylic acids is 1. The Bertz CT molecular complexity index is 654. The van der Waals surface area contributed by atoms with Crippen molar-refractivity contribution in [3.63, 3.8) is 0 Å². The van der Waals surface area contributed by atoms with Crippen LogP contribution in [0.25, 0.3) is 5.69 Å². The molecular formula is C14H16N2O4S. The lowest BCUT2D eigenvalue weighted by atomic mass is 10.2. The Morgan fingerprint density at radius 1 is 1.38 bits per heavy atom. The first-order valence-electron chi connectivity index (χ1n) is 6.18. The average molecular weight is 308 g/mol. The van der Waals surface area contributed by atoms with Crippen molar-refractivity contribution in [3.8, 4) is 17.2 Å². The number of methoxy groups -OCH3 is 2. The Labute approximate surface area is 126 Å². The van der Waals surface area contributed by atoms with Crippen LogP contribution >= 0.6 is 11.8 Å². The molecule has 0 aliphatic heterocycles. The fourth-order valence-electron chi connectivity index (χ4n) is 1.91. The number of aromatic nitrogens is 2. The van der Waals surface area contributed by atoms with Gasteiger partial charge in [-0.15, -0.1) is 0 Å². The first-order valence-corrected chi connectivity index (χ1v) is 7.16. The van der Waals surface area contributed by atoms with Gasteiger partial charge < -0.3 is 14.6 Å². The van der Waals surface area contributed by atoms with E-state index in [9.17, 15) is 4.79 Å². The number of ether oxygens (including phenoxy) is 2. The molecular weight excluding hydrogens is 292 g/mol. The van der Waals surface area contributed by atoms with Crippen molar-refractivity contribution in [3.05, 3.63) is 30.1 Å². The maximum Gasteiger partial charge on any atom is 0.313 e. The Hall–Kier alpha value is -2.15. The molecule has 0 radical (unpaired) electrons. The van der Waals surface area contributed by atoms with E-state index < -0.39 is 5.97 Å². The fraction of sp³-hybridized carbons (Fsp3) is 0.286. The lowest BCUT2D eigenvalue weighted by Gasteiger charge is -2.14. The number of benzene rings is 1. The zero-order valence-corrected chi connectivity index (χ0v) is 12.8. The molecule has 0 aliphatic carbocycles. The minimum absolute atomic E-state index is 0.0467. The number of hydrogen-bond donors (Lipinski definition) is 1. The van der Waals surface area contributed by atoms with Crippen LogP contribution in [-0.2, 0) is 4.79 Å². The summed E-state index contributed by atoms with van der Waals surface area (Å²) in [5.74, 6) is 0.393. The number of nitrogens with zero attached hydrogens (tertiary/aromatic N) is 2. The van der Waals surface area contributed by atoms with Gasteiger partial charge in [-0.3, -0.25) is 9.36 Å². The van der Waals surface area contributed by atoms with Crippen LogP contribution in [0.5, 0.6) is 11.5 Å². The van der Waals surface area contributed by atoms with Crippen molar-refractivity contribution in [2.24, 2.45) is 0 Å². The zero-order valence-electron chi connectivity index (χ0n) is 12.0. The van der Waals surface area contributed by atoms with E-state index in [2.05, 4.69) is 4.98 Å². The monoisotopic (exact) mass is 308 g/mol. The summed E-state index contributed by atoms with van der Waals surface area (Å²) < 4.78 is 12.4. The van der Waals surface area contributed by atoms with Crippen LogP contribution in [0.1, 0.15) is 5.69 Å². The molecule has 0 unspecified atom stereocenters. The van der Waals surface area contributed by atoms with Crippen LogP contribution < -0.4 is 9.47 Å². The molecule has 0 aliphatic rings. The molecule has 0 saturated carbocycles. The van der Waals surface area contributed by atoms with Gasteiger partial charge in [0, 0.05) is 18.0 Å². The van der Waals surface area contributed by atoms with Gasteiger partial charge in [-0.05, 0) is 19.1 Å². The van der Waals surface area contributed by atoms with Gasteiger partial charge in [-0.25, -0.2) is 4.98 Å². The van der Waals surface area contributed by atoms with E-state index >= 15 is 0 Å². The molecule has 1 N–H and O–H groups in total. The molecule has 21 heavy (non-hydrogen) atoms. The highest BCUT2D eigenvalue weighted by Crippen LogP contribution is 2.32. The van der Waals surface area contributed by atoms with Crippen LogP contribution in [0.4, 0.5) is 0 Å². The maximum atomic E-state index is 10.7. The number of aryl methyl sites for hydroxylation is 1. The topological polar surface area (TPSA) is 73.6 Å². The quantitative estimate of drug-likeness (QED) is 0.826. The van der Waals surface area contributed by atoms with Crippen molar-refractivity contribution in [2.75, 3.05) is 20.0 Å². The second-order valence-corrected chi connectivity index (χ2v) is 5.18. The molecule has 1 aromatic carbocycles. The lowest BCUT2D eigenvalue weighted by molar-refractivity contribution is -0.133. The summed E-state index contributed by atoms with van der Waals surface area (Å²) in [5, 5.41) is 9.42. The molecule has 0 spiro atoms. The molecule has 2 rings (SSSR count). The number of hydrogen-bond acceptors (Lipinski definition) is 5. The number of rotatable bonds is 6. The Kier molecular flexibility index (Phi) is 4.74. The molecule has 0 saturated heterocycles. The highest BCUT2D eigenvalue weighted by molar-refractivity contribution is 7.99. The summed E-state index contributed by atoms with van der Waals surface area (Å²) in [5.41, 5.74) is 1.69. The third-order valence-electron chi connectivity index (χ3n) is 2.86. The standard InChI is InChI=1S/C14H16N2O4S/c1-9-7-15-14(21-8-13(17)18)16(9)11-5-4-10(19-2)6-12(11)20-3/h4-7H,8H2,1-3H3,(H,17,18). The van der Waals surface area contributed by atoms with Gasteiger partial charge in [0.15, 0.2) is 5.16 Å². The Balaban J connectivity index is 2.46. The van der Waals surface area contributed by atoms with Gasteiger partial charge in [-0.2, -0.15) is 0 Å².